The van der Waals surface area contributed by atoms with E-state index in [0.29, 0.717) is 5.56 Å². The zero-order valence-electron chi connectivity index (χ0n) is 11.1. The van der Waals surface area contributed by atoms with Crippen molar-refractivity contribution < 1.29 is 9.90 Å². The molecule has 20 heavy (non-hydrogen) atoms. The Bertz CT molecular complexity index is 600. The van der Waals surface area contributed by atoms with Crippen molar-refractivity contribution in [1.82, 2.24) is 5.32 Å². The zero-order valence-corrected chi connectivity index (χ0v) is 12.7. The SMILES string of the molecule is CC(CO)(NC(=O)c1ccccc1Br)c1ccccc1. The van der Waals surface area contributed by atoms with Crippen LogP contribution in [0.5, 0.6) is 0 Å². The number of aliphatic hydroxyl groups is 1. The maximum absolute atomic E-state index is 12.4. The standard InChI is InChI=1S/C16H16BrNO2/c1-16(11-19,12-7-3-2-4-8-12)18-15(20)13-9-5-6-10-14(13)17/h2-10,19H,11H2,1H3,(H,18,20). The lowest BCUT2D eigenvalue weighted by Gasteiger charge is -2.29. The number of halogens is 1. The van der Waals surface area contributed by atoms with Crippen molar-refractivity contribution in [2.24, 2.45) is 0 Å². The third kappa shape index (κ3) is 3.08. The van der Waals surface area contributed by atoms with Gasteiger partial charge >= 0.3 is 0 Å². The predicted molar refractivity (Wildman–Crippen MR) is 82.5 cm³/mol. The van der Waals surface area contributed by atoms with Gasteiger partial charge in [0.25, 0.3) is 5.91 Å². The Balaban J connectivity index is 2.27. The Morgan fingerprint density at radius 1 is 1.15 bits per heavy atom. The van der Waals surface area contributed by atoms with Crippen LogP contribution in [0.15, 0.2) is 59.1 Å². The number of hydrogen-bond donors (Lipinski definition) is 2. The van der Waals surface area contributed by atoms with Crippen LogP contribution < -0.4 is 5.32 Å². The van der Waals surface area contributed by atoms with E-state index in [1.807, 2.05) is 42.5 Å². The number of aliphatic hydroxyl groups excluding tert-OH is 1. The van der Waals surface area contributed by atoms with Crippen LogP contribution in [0.1, 0.15) is 22.8 Å². The van der Waals surface area contributed by atoms with Gasteiger partial charge in [-0.2, -0.15) is 0 Å². The maximum atomic E-state index is 12.4. The molecule has 0 fully saturated rings. The van der Waals surface area contributed by atoms with Crippen LogP contribution in [0.2, 0.25) is 0 Å². The molecule has 0 aliphatic rings. The van der Waals surface area contributed by atoms with Crippen LogP contribution in [0, 0.1) is 0 Å². The van der Waals surface area contributed by atoms with Crippen LogP contribution in [-0.2, 0) is 5.54 Å². The van der Waals surface area contributed by atoms with E-state index in [0.717, 1.165) is 10.0 Å². The van der Waals surface area contributed by atoms with Crippen molar-refractivity contribution in [3.05, 3.63) is 70.2 Å². The molecule has 1 amide bonds. The molecule has 0 aliphatic heterocycles. The molecule has 104 valence electrons. The number of nitrogens with one attached hydrogen (secondary N) is 1. The first kappa shape index (κ1) is 14.8. The van der Waals surface area contributed by atoms with E-state index in [1.54, 1.807) is 19.1 Å². The van der Waals surface area contributed by atoms with E-state index >= 15 is 0 Å². The third-order valence-corrected chi connectivity index (χ3v) is 3.93. The molecule has 1 atom stereocenters. The van der Waals surface area contributed by atoms with E-state index in [2.05, 4.69) is 21.2 Å². The summed E-state index contributed by atoms with van der Waals surface area (Å²) in [6, 6.07) is 16.6. The highest BCUT2D eigenvalue weighted by atomic mass is 79.9. The van der Waals surface area contributed by atoms with Crippen molar-refractivity contribution in [2.45, 2.75) is 12.5 Å². The Morgan fingerprint density at radius 2 is 1.75 bits per heavy atom. The number of hydrogen-bond acceptors (Lipinski definition) is 2. The van der Waals surface area contributed by atoms with Crippen LogP contribution in [0.4, 0.5) is 0 Å². The first-order valence-electron chi connectivity index (χ1n) is 6.30. The van der Waals surface area contributed by atoms with Crippen LogP contribution >= 0.6 is 15.9 Å². The molecule has 0 aromatic heterocycles. The first-order valence-corrected chi connectivity index (χ1v) is 7.09. The fourth-order valence-electron chi connectivity index (χ4n) is 1.97. The van der Waals surface area contributed by atoms with E-state index in [4.69, 9.17) is 0 Å². The highest BCUT2D eigenvalue weighted by Crippen LogP contribution is 2.22. The van der Waals surface area contributed by atoms with E-state index in [9.17, 15) is 9.90 Å². The predicted octanol–water partition coefficient (Wildman–Crippen LogP) is 3.09. The molecule has 2 N–H and O–H groups in total. The van der Waals surface area contributed by atoms with Gasteiger partial charge < -0.3 is 10.4 Å². The molecule has 0 saturated carbocycles. The molecule has 2 aromatic carbocycles. The monoisotopic (exact) mass is 333 g/mol. The minimum Gasteiger partial charge on any atom is -0.394 e. The Morgan fingerprint density at radius 3 is 2.35 bits per heavy atom. The van der Waals surface area contributed by atoms with Gasteiger partial charge in [0.05, 0.1) is 17.7 Å². The second-order valence-electron chi connectivity index (χ2n) is 4.79. The summed E-state index contributed by atoms with van der Waals surface area (Å²) in [6.45, 7) is 1.63. The van der Waals surface area contributed by atoms with Crippen LogP contribution in [0.25, 0.3) is 0 Å². The number of carbonyl (C=O) groups excluding carboxylic acids is 1. The van der Waals surface area contributed by atoms with Gasteiger partial charge in [-0.15, -0.1) is 0 Å². The molecule has 0 saturated heterocycles. The van der Waals surface area contributed by atoms with Crippen molar-refractivity contribution in [1.29, 1.82) is 0 Å². The Labute approximate surface area is 126 Å². The van der Waals surface area contributed by atoms with E-state index < -0.39 is 5.54 Å². The molecular formula is C16H16BrNO2. The fraction of sp³-hybridized carbons (Fsp3) is 0.188. The fourth-order valence-corrected chi connectivity index (χ4v) is 2.44. The lowest BCUT2D eigenvalue weighted by atomic mass is 9.92. The zero-order chi connectivity index (χ0) is 14.6. The van der Waals surface area contributed by atoms with Gasteiger partial charge in [0.15, 0.2) is 0 Å². The van der Waals surface area contributed by atoms with Crippen molar-refractivity contribution in [2.75, 3.05) is 6.61 Å². The van der Waals surface area contributed by atoms with E-state index in [-0.39, 0.29) is 12.5 Å². The molecule has 0 bridgehead atoms. The summed E-state index contributed by atoms with van der Waals surface area (Å²) < 4.78 is 0.728. The van der Waals surface area contributed by atoms with Gasteiger partial charge in [0.1, 0.15) is 0 Å². The van der Waals surface area contributed by atoms with Gasteiger partial charge in [0, 0.05) is 4.47 Å². The molecule has 0 radical (unpaired) electrons. The number of carbonyl (C=O) groups is 1. The average Bonchev–Trinajstić information content (AvgIpc) is 2.48. The summed E-state index contributed by atoms with van der Waals surface area (Å²) in [5.41, 5.74) is 0.596. The van der Waals surface area contributed by atoms with Crippen LogP contribution in [-0.4, -0.2) is 17.6 Å². The minimum absolute atomic E-state index is 0.173. The molecule has 0 aliphatic carbocycles. The third-order valence-electron chi connectivity index (χ3n) is 3.24. The van der Waals surface area contributed by atoms with Crippen molar-refractivity contribution >= 4 is 21.8 Å². The second-order valence-corrected chi connectivity index (χ2v) is 5.64. The minimum atomic E-state index is -0.812. The summed E-state index contributed by atoms with van der Waals surface area (Å²) in [5.74, 6) is -0.224. The molecule has 2 aromatic rings. The lowest BCUT2D eigenvalue weighted by Crippen LogP contribution is -2.46. The number of amides is 1. The molecule has 4 heteroatoms. The average molecular weight is 334 g/mol. The number of benzene rings is 2. The van der Waals surface area contributed by atoms with Gasteiger partial charge in [-0.25, -0.2) is 0 Å². The molecule has 2 rings (SSSR count). The van der Waals surface area contributed by atoms with Crippen molar-refractivity contribution in [3.63, 3.8) is 0 Å². The largest absolute Gasteiger partial charge is 0.394 e. The van der Waals surface area contributed by atoms with Gasteiger partial charge in [-0.05, 0) is 40.5 Å². The van der Waals surface area contributed by atoms with Crippen LogP contribution in [0.3, 0.4) is 0 Å². The molecular weight excluding hydrogens is 318 g/mol. The Kier molecular flexibility index (Phi) is 4.57. The van der Waals surface area contributed by atoms with Gasteiger partial charge in [0.2, 0.25) is 0 Å². The van der Waals surface area contributed by atoms with E-state index in [1.165, 1.54) is 0 Å². The summed E-state index contributed by atoms with van der Waals surface area (Å²) >= 11 is 3.36. The quantitative estimate of drug-likeness (QED) is 0.903. The molecule has 0 heterocycles. The summed E-state index contributed by atoms with van der Waals surface area (Å²) in [6.07, 6.45) is 0. The highest BCUT2D eigenvalue weighted by molar-refractivity contribution is 9.10. The highest BCUT2D eigenvalue weighted by Gasteiger charge is 2.28. The lowest BCUT2D eigenvalue weighted by molar-refractivity contribution is 0.0849. The smallest absolute Gasteiger partial charge is 0.253 e. The summed E-state index contributed by atoms with van der Waals surface area (Å²) in [4.78, 5) is 12.4. The van der Waals surface area contributed by atoms with Gasteiger partial charge in [-0.3, -0.25) is 4.79 Å². The molecule has 1 unspecified atom stereocenters. The first-order chi connectivity index (χ1) is 9.57. The topological polar surface area (TPSA) is 49.3 Å². The summed E-state index contributed by atoms with van der Waals surface area (Å²) in [5, 5.41) is 12.6. The van der Waals surface area contributed by atoms with Crippen molar-refractivity contribution in [3.8, 4) is 0 Å². The van der Waals surface area contributed by atoms with Gasteiger partial charge in [-0.1, -0.05) is 42.5 Å². The maximum Gasteiger partial charge on any atom is 0.253 e. The number of rotatable bonds is 4. The normalized spacial score (nSPS) is 13.6. The summed E-state index contributed by atoms with van der Waals surface area (Å²) in [7, 11) is 0. The molecule has 3 nitrogen and oxygen atoms in total. The Hall–Kier alpha value is -1.65. The second kappa shape index (κ2) is 6.20. The molecule has 0 spiro atoms.